The Morgan fingerprint density at radius 2 is 2.07 bits per heavy atom. The lowest BCUT2D eigenvalue weighted by atomic mass is 10.2. The number of thiazole rings is 1. The Morgan fingerprint density at radius 1 is 1.14 bits per heavy atom. The number of fused-ring (bicyclic) bond motifs is 1. The van der Waals surface area contributed by atoms with Crippen molar-refractivity contribution in [2.24, 2.45) is 0 Å². The number of nitrogens with two attached hydrogens (primary N) is 1. The Balaban J connectivity index is 1.30. The summed E-state index contributed by atoms with van der Waals surface area (Å²) in [7, 11) is 1.67. The van der Waals surface area contributed by atoms with Crippen molar-refractivity contribution >= 4 is 17.0 Å². The molecule has 0 fully saturated rings. The molecule has 0 radical (unpaired) electrons. The van der Waals surface area contributed by atoms with E-state index in [0.717, 1.165) is 53.2 Å². The highest BCUT2D eigenvalue weighted by Crippen LogP contribution is 2.28. The largest absolute Gasteiger partial charge is 0.493 e. The summed E-state index contributed by atoms with van der Waals surface area (Å²) in [6.07, 6.45) is 2.86. The molecule has 1 aromatic carbocycles. The van der Waals surface area contributed by atoms with Gasteiger partial charge in [0, 0.05) is 17.1 Å². The standard InChI is InChI=1S/C21H23N5O2S/c1-15-23-17(14-29-15)13-28-18-7-6-16(11-19(18)27-2)12-22-9-8-21-25-24-20-5-3-4-10-26(20)21/h3-7,10-11,14,22H,8-9,12-13H2,1-2H3/p+1. The number of nitrogens with zero attached hydrogens (tertiary/aromatic N) is 4. The quantitative estimate of drug-likeness (QED) is 0.429. The summed E-state index contributed by atoms with van der Waals surface area (Å²) in [6.45, 7) is 4.22. The average Bonchev–Trinajstić information content (AvgIpc) is 3.36. The van der Waals surface area contributed by atoms with E-state index in [9.17, 15) is 0 Å². The van der Waals surface area contributed by atoms with Crippen LogP contribution in [0.1, 0.15) is 22.1 Å². The van der Waals surface area contributed by atoms with E-state index >= 15 is 0 Å². The lowest BCUT2D eigenvalue weighted by Crippen LogP contribution is -2.83. The molecule has 0 unspecified atom stereocenters. The van der Waals surface area contributed by atoms with E-state index in [2.05, 4.69) is 26.6 Å². The van der Waals surface area contributed by atoms with Crippen molar-refractivity contribution in [3.63, 3.8) is 0 Å². The van der Waals surface area contributed by atoms with Crippen LogP contribution in [-0.4, -0.2) is 33.2 Å². The summed E-state index contributed by atoms with van der Waals surface area (Å²) >= 11 is 1.63. The lowest BCUT2D eigenvalue weighted by Gasteiger charge is -2.11. The number of benzene rings is 1. The van der Waals surface area contributed by atoms with Gasteiger partial charge in [0.25, 0.3) is 0 Å². The number of hydrogen-bond acceptors (Lipinski definition) is 6. The van der Waals surface area contributed by atoms with Crippen molar-refractivity contribution in [3.8, 4) is 11.5 Å². The number of aryl methyl sites for hydroxylation is 1. The maximum absolute atomic E-state index is 5.89. The van der Waals surface area contributed by atoms with Crippen molar-refractivity contribution in [1.29, 1.82) is 0 Å². The van der Waals surface area contributed by atoms with Crippen LogP contribution < -0.4 is 14.8 Å². The van der Waals surface area contributed by atoms with Gasteiger partial charge in [-0.05, 0) is 37.3 Å². The van der Waals surface area contributed by atoms with E-state index in [-0.39, 0.29) is 0 Å². The molecule has 0 atom stereocenters. The highest BCUT2D eigenvalue weighted by Gasteiger charge is 2.09. The fourth-order valence-corrected chi connectivity index (χ4v) is 3.74. The monoisotopic (exact) mass is 410 g/mol. The molecular weight excluding hydrogens is 386 g/mol. The molecule has 0 aliphatic rings. The molecule has 3 aromatic heterocycles. The van der Waals surface area contributed by atoms with Gasteiger partial charge < -0.3 is 14.8 Å². The van der Waals surface area contributed by atoms with E-state index in [1.165, 1.54) is 5.56 Å². The topological polar surface area (TPSA) is 78.2 Å². The second kappa shape index (κ2) is 9.02. The summed E-state index contributed by atoms with van der Waals surface area (Å²) in [5.41, 5.74) is 3.01. The smallest absolute Gasteiger partial charge is 0.161 e. The molecule has 0 saturated carbocycles. The molecule has 0 bridgehead atoms. The zero-order chi connectivity index (χ0) is 20.1. The molecule has 150 valence electrons. The van der Waals surface area contributed by atoms with Crippen molar-refractivity contribution in [2.45, 2.75) is 26.5 Å². The molecule has 0 amide bonds. The Labute approximate surface area is 173 Å². The molecule has 4 rings (SSSR count). The summed E-state index contributed by atoms with van der Waals surface area (Å²) in [4.78, 5) is 4.43. The maximum Gasteiger partial charge on any atom is 0.161 e. The molecule has 0 spiro atoms. The maximum atomic E-state index is 5.89. The first-order chi connectivity index (χ1) is 14.2. The van der Waals surface area contributed by atoms with E-state index in [0.29, 0.717) is 6.61 Å². The number of pyridine rings is 1. The Bertz CT molecular complexity index is 1090. The normalized spacial score (nSPS) is 11.1. The highest BCUT2D eigenvalue weighted by molar-refractivity contribution is 7.09. The highest BCUT2D eigenvalue weighted by atomic mass is 32.1. The number of rotatable bonds is 9. The minimum atomic E-state index is 0.443. The molecule has 2 N–H and O–H groups in total. The van der Waals surface area contributed by atoms with Crippen LogP contribution in [0.3, 0.4) is 0 Å². The van der Waals surface area contributed by atoms with Crippen LogP contribution in [0.2, 0.25) is 0 Å². The molecular formula is C21H24N5O2S+. The van der Waals surface area contributed by atoms with Crippen LogP contribution in [0.25, 0.3) is 5.65 Å². The van der Waals surface area contributed by atoms with Gasteiger partial charge >= 0.3 is 0 Å². The van der Waals surface area contributed by atoms with Gasteiger partial charge in [0.05, 0.1) is 30.8 Å². The van der Waals surface area contributed by atoms with Gasteiger partial charge in [0.15, 0.2) is 17.1 Å². The third kappa shape index (κ3) is 4.72. The fraction of sp³-hybridized carbons (Fsp3) is 0.286. The molecule has 3 heterocycles. The molecule has 0 saturated heterocycles. The molecule has 4 aromatic rings. The first-order valence-corrected chi connectivity index (χ1v) is 10.4. The molecule has 29 heavy (non-hydrogen) atoms. The van der Waals surface area contributed by atoms with Crippen LogP contribution in [0.4, 0.5) is 0 Å². The average molecular weight is 411 g/mol. The minimum Gasteiger partial charge on any atom is -0.493 e. The predicted octanol–water partition coefficient (Wildman–Crippen LogP) is 2.39. The number of aromatic nitrogens is 4. The zero-order valence-electron chi connectivity index (χ0n) is 16.5. The first kappa shape index (κ1) is 19.4. The number of methoxy groups -OCH3 is 1. The van der Waals surface area contributed by atoms with Gasteiger partial charge in [-0.3, -0.25) is 4.40 Å². The van der Waals surface area contributed by atoms with Crippen molar-refractivity contribution < 1.29 is 14.8 Å². The van der Waals surface area contributed by atoms with Crippen LogP contribution in [0.5, 0.6) is 11.5 Å². The second-order valence-corrected chi connectivity index (χ2v) is 7.77. The third-order valence-electron chi connectivity index (χ3n) is 4.61. The Kier molecular flexibility index (Phi) is 6.02. The first-order valence-electron chi connectivity index (χ1n) is 9.54. The summed E-state index contributed by atoms with van der Waals surface area (Å²) in [5, 5.41) is 13.8. The summed E-state index contributed by atoms with van der Waals surface area (Å²) in [5.74, 6) is 2.46. The van der Waals surface area contributed by atoms with Crippen LogP contribution in [0, 0.1) is 6.92 Å². The van der Waals surface area contributed by atoms with Gasteiger partial charge in [-0.1, -0.05) is 6.07 Å². The van der Waals surface area contributed by atoms with Gasteiger partial charge in [-0.15, -0.1) is 21.5 Å². The predicted molar refractivity (Wildman–Crippen MR) is 111 cm³/mol. The SMILES string of the molecule is COc1cc(C[NH2+]CCc2nnc3ccccn23)ccc1OCc1csc(C)n1. The number of hydrogen-bond donors (Lipinski definition) is 1. The van der Waals surface area contributed by atoms with Gasteiger partial charge in [-0.25, -0.2) is 4.98 Å². The molecule has 7 nitrogen and oxygen atoms in total. The summed E-state index contributed by atoms with van der Waals surface area (Å²) < 4.78 is 13.4. The van der Waals surface area contributed by atoms with E-state index < -0.39 is 0 Å². The van der Waals surface area contributed by atoms with Crippen LogP contribution in [-0.2, 0) is 19.6 Å². The second-order valence-electron chi connectivity index (χ2n) is 6.71. The number of quaternary nitrogens is 1. The van der Waals surface area contributed by atoms with Crippen molar-refractivity contribution in [3.05, 3.63) is 70.1 Å². The van der Waals surface area contributed by atoms with E-state index in [4.69, 9.17) is 9.47 Å². The fourth-order valence-electron chi connectivity index (χ4n) is 3.15. The van der Waals surface area contributed by atoms with Gasteiger partial charge in [0.1, 0.15) is 19.0 Å². The van der Waals surface area contributed by atoms with Gasteiger partial charge in [-0.2, -0.15) is 0 Å². The number of ether oxygens (including phenoxy) is 2. The minimum absolute atomic E-state index is 0.443. The van der Waals surface area contributed by atoms with E-state index in [1.54, 1.807) is 18.4 Å². The zero-order valence-corrected chi connectivity index (χ0v) is 17.4. The lowest BCUT2D eigenvalue weighted by molar-refractivity contribution is -0.670. The van der Waals surface area contributed by atoms with Gasteiger partial charge in [0.2, 0.25) is 0 Å². The summed E-state index contributed by atoms with van der Waals surface area (Å²) in [6, 6.07) is 12.0. The van der Waals surface area contributed by atoms with E-state index in [1.807, 2.05) is 53.2 Å². The van der Waals surface area contributed by atoms with Crippen LogP contribution >= 0.6 is 11.3 Å². The molecule has 0 aliphatic carbocycles. The Morgan fingerprint density at radius 3 is 2.90 bits per heavy atom. The van der Waals surface area contributed by atoms with Crippen LogP contribution in [0.15, 0.2) is 48.0 Å². The molecule has 0 aliphatic heterocycles. The van der Waals surface area contributed by atoms with Crippen molar-refractivity contribution in [2.75, 3.05) is 13.7 Å². The molecule has 8 heteroatoms. The third-order valence-corrected chi connectivity index (χ3v) is 5.43. The van der Waals surface area contributed by atoms with Crippen molar-refractivity contribution in [1.82, 2.24) is 19.6 Å². The Hall–Kier alpha value is -2.97.